The molecule has 0 saturated heterocycles. The molecule has 1 aromatic heterocycles. The highest BCUT2D eigenvalue weighted by Crippen LogP contribution is 2.40. The number of aromatic nitrogens is 2. The zero-order chi connectivity index (χ0) is 21.0. The van der Waals surface area contributed by atoms with E-state index in [0.29, 0.717) is 28.6 Å². The van der Waals surface area contributed by atoms with E-state index in [-0.39, 0.29) is 23.6 Å². The number of carbonyl (C=O) groups excluding carboxylic acids is 1. The Bertz CT molecular complexity index is 1050. The number of hydrogen-bond acceptors (Lipinski definition) is 8. The number of nitriles is 1. The van der Waals surface area contributed by atoms with Crippen molar-refractivity contribution in [3.05, 3.63) is 70.7 Å². The molecule has 148 valence electrons. The largest absolute Gasteiger partial charge is 0.463 e. The predicted molar refractivity (Wildman–Crippen MR) is 103 cm³/mol. The van der Waals surface area contributed by atoms with Gasteiger partial charge in [0.1, 0.15) is 23.2 Å². The molecular formula is C21H20N4O4. The maximum absolute atomic E-state index is 12.6. The molecule has 0 radical (unpaired) electrons. The molecule has 8 nitrogen and oxygen atoms in total. The summed E-state index contributed by atoms with van der Waals surface area (Å²) in [5.41, 5.74) is 7.63. The summed E-state index contributed by atoms with van der Waals surface area (Å²) in [5.74, 6) is -0.238. The average Bonchev–Trinajstić information content (AvgIpc) is 2.68. The molecule has 0 spiro atoms. The second-order valence-electron chi connectivity index (χ2n) is 6.29. The smallest absolute Gasteiger partial charge is 0.338 e. The number of hydrogen-bond donors (Lipinski definition) is 1. The van der Waals surface area contributed by atoms with Gasteiger partial charge >= 0.3 is 5.97 Å². The summed E-state index contributed by atoms with van der Waals surface area (Å²) < 4.78 is 16.4. The molecule has 0 aliphatic carbocycles. The van der Waals surface area contributed by atoms with Crippen LogP contribution in [0.2, 0.25) is 0 Å². The topological polar surface area (TPSA) is 120 Å². The molecule has 8 heteroatoms. The number of carbonyl (C=O) groups is 1. The van der Waals surface area contributed by atoms with E-state index in [9.17, 15) is 10.1 Å². The van der Waals surface area contributed by atoms with Crippen molar-refractivity contribution >= 4 is 5.97 Å². The van der Waals surface area contributed by atoms with Gasteiger partial charge in [0.05, 0.1) is 30.0 Å². The summed E-state index contributed by atoms with van der Waals surface area (Å²) >= 11 is 0. The molecule has 2 aromatic rings. The summed E-state index contributed by atoms with van der Waals surface area (Å²) in [6.07, 6.45) is 3.12. The Morgan fingerprint density at radius 3 is 2.83 bits per heavy atom. The van der Waals surface area contributed by atoms with Gasteiger partial charge in [0.25, 0.3) is 0 Å². The molecule has 1 aromatic carbocycles. The Balaban J connectivity index is 2.04. The first-order valence-electron chi connectivity index (χ1n) is 8.96. The number of esters is 1. The lowest BCUT2D eigenvalue weighted by molar-refractivity contribution is -0.139. The van der Waals surface area contributed by atoms with Crippen LogP contribution in [0.4, 0.5) is 0 Å². The van der Waals surface area contributed by atoms with Gasteiger partial charge in [-0.2, -0.15) is 5.26 Å². The van der Waals surface area contributed by atoms with Crippen LogP contribution >= 0.6 is 0 Å². The Labute approximate surface area is 168 Å². The van der Waals surface area contributed by atoms with E-state index in [1.54, 1.807) is 44.3 Å². The van der Waals surface area contributed by atoms with Gasteiger partial charge in [0.2, 0.25) is 11.8 Å². The number of allylic oxidation sites excluding steroid dienone is 2. The SMILES string of the molecule is CCOC(=O)C1=C(C)OC(N)=C(C#N)C1c1cccc(Oc2cncc(C)n2)c1. The van der Waals surface area contributed by atoms with Crippen LogP contribution in [0.3, 0.4) is 0 Å². The van der Waals surface area contributed by atoms with Crippen LogP contribution < -0.4 is 10.5 Å². The van der Waals surface area contributed by atoms with E-state index >= 15 is 0 Å². The number of rotatable bonds is 5. The molecule has 2 heterocycles. The van der Waals surface area contributed by atoms with Crippen LogP contribution in [-0.2, 0) is 14.3 Å². The minimum atomic E-state index is -0.736. The van der Waals surface area contributed by atoms with Crippen molar-refractivity contribution in [2.45, 2.75) is 26.7 Å². The van der Waals surface area contributed by atoms with E-state index in [1.807, 2.05) is 6.92 Å². The van der Waals surface area contributed by atoms with Crippen LogP contribution in [0.5, 0.6) is 11.6 Å². The van der Waals surface area contributed by atoms with Gasteiger partial charge in [0, 0.05) is 6.20 Å². The molecule has 0 saturated carbocycles. The van der Waals surface area contributed by atoms with E-state index < -0.39 is 11.9 Å². The van der Waals surface area contributed by atoms with Crippen LogP contribution in [-0.4, -0.2) is 22.5 Å². The van der Waals surface area contributed by atoms with Crippen LogP contribution in [0, 0.1) is 18.3 Å². The van der Waals surface area contributed by atoms with E-state index in [1.165, 1.54) is 6.20 Å². The first-order chi connectivity index (χ1) is 13.9. The molecule has 3 rings (SSSR count). The first kappa shape index (κ1) is 19.9. The first-order valence-corrected chi connectivity index (χ1v) is 8.96. The standard InChI is InChI=1S/C21H20N4O4/c1-4-27-21(26)18-13(3)28-20(23)16(9-22)19(18)14-6-5-7-15(8-14)29-17-11-24-10-12(2)25-17/h5-8,10-11,19H,4,23H2,1-3H3. The van der Waals surface area contributed by atoms with E-state index in [0.717, 1.165) is 0 Å². The van der Waals surface area contributed by atoms with Gasteiger partial charge < -0.3 is 19.9 Å². The van der Waals surface area contributed by atoms with Crippen LogP contribution in [0.25, 0.3) is 0 Å². The zero-order valence-corrected chi connectivity index (χ0v) is 16.3. The van der Waals surface area contributed by atoms with Crippen molar-refractivity contribution in [1.29, 1.82) is 5.26 Å². The van der Waals surface area contributed by atoms with Gasteiger partial charge in [-0.1, -0.05) is 12.1 Å². The second-order valence-corrected chi connectivity index (χ2v) is 6.29. The Morgan fingerprint density at radius 2 is 2.14 bits per heavy atom. The molecule has 0 bridgehead atoms. The third-order valence-corrected chi connectivity index (χ3v) is 4.25. The summed E-state index contributed by atoms with van der Waals surface area (Å²) in [6, 6.07) is 9.05. The highest BCUT2D eigenvalue weighted by atomic mass is 16.5. The number of nitrogens with zero attached hydrogens (tertiary/aromatic N) is 3. The van der Waals surface area contributed by atoms with Crippen LogP contribution in [0.15, 0.2) is 59.4 Å². The molecule has 1 unspecified atom stereocenters. The molecule has 0 fully saturated rings. The number of benzene rings is 1. The van der Waals surface area contributed by atoms with Gasteiger partial charge in [-0.25, -0.2) is 9.78 Å². The number of aryl methyl sites for hydroxylation is 1. The molecule has 1 aliphatic heterocycles. The van der Waals surface area contributed by atoms with Gasteiger partial charge in [-0.3, -0.25) is 4.98 Å². The number of nitrogens with two attached hydrogens (primary N) is 1. The quantitative estimate of drug-likeness (QED) is 0.770. The van der Waals surface area contributed by atoms with E-state index in [2.05, 4.69) is 16.0 Å². The minimum absolute atomic E-state index is 0.0427. The maximum atomic E-state index is 12.6. The molecule has 1 aliphatic rings. The fourth-order valence-corrected chi connectivity index (χ4v) is 3.06. The summed E-state index contributed by atoms with van der Waals surface area (Å²) in [7, 11) is 0. The monoisotopic (exact) mass is 392 g/mol. The lowest BCUT2D eigenvalue weighted by Crippen LogP contribution is -2.25. The molecule has 1 atom stereocenters. The second kappa shape index (κ2) is 8.44. The average molecular weight is 392 g/mol. The molecular weight excluding hydrogens is 372 g/mol. The lowest BCUT2D eigenvalue weighted by Gasteiger charge is -2.27. The van der Waals surface area contributed by atoms with Gasteiger partial charge in [-0.15, -0.1) is 0 Å². The normalized spacial score (nSPS) is 16.1. The molecule has 29 heavy (non-hydrogen) atoms. The fourth-order valence-electron chi connectivity index (χ4n) is 3.06. The van der Waals surface area contributed by atoms with E-state index in [4.69, 9.17) is 19.9 Å². The Hall–Kier alpha value is -3.86. The number of ether oxygens (including phenoxy) is 3. The third-order valence-electron chi connectivity index (χ3n) is 4.25. The Morgan fingerprint density at radius 1 is 1.34 bits per heavy atom. The molecule has 0 amide bonds. The summed E-state index contributed by atoms with van der Waals surface area (Å²) in [5, 5.41) is 9.65. The van der Waals surface area contributed by atoms with Crippen molar-refractivity contribution in [1.82, 2.24) is 9.97 Å². The summed E-state index contributed by atoms with van der Waals surface area (Å²) in [6.45, 7) is 5.32. The van der Waals surface area contributed by atoms with Crippen molar-refractivity contribution in [3.63, 3.8) is 0 Å². The van der Waals surface area contributed by atoms with Crippen molar-refractivity contribution in [2.75, 3.05) is 6.61 Å². The Kier molecular flexibility index (Phi) is 5.79. The predicted octanol–water partition coefficient (Wildman–Crippen LogP) is 3.22. The van der Waals surface area contributed by atoms with Crippen molar-refractivity contribution in [3.8, 4) is 17.7 Å². The highest BCUT2D eigenvalue weighted by molar-refractivity contribution is 5.92. The van der Waals surface area contributed by atoms with Gasteiger partial charge in [-0.05, 0) is 38.5 Å². The summed E-state index contributed by atoms with van der Waals surface area (Å²) in [4.78, 5) is 20.9. The molecule has 2 N–H and O–H groups in total. The third kappa shape index (κ3) is 4.19. The van der Waals surface area contributed by atoms with Crippen molar-refractivity contribution < 1.29 is 19.0 Å². The minimum Gasteiger partial charge on any atom is -0.463 e. The highest BCUT2D eigenvalue weighted by Gasteiger charge is 2.36. The van der Waals surface area contributed by atoms with Crippen LogP contribution in [0.1, 0.15) is 31.0 Å². The lowest BCUT2D eigenvalue weighted by atomic mass is 9.83. The van der Waals surface area contributed by atoms with Crippen molar-refractivity contribution in [2.24, 2.45) is 5.73 Å². The van der Waals surface area contributed by atoms with Gasteiger partial charge in [0.15, 0.2) is 0 Å². The maximum Gasteiger partial charge on any atom is 0.338 e. The zero-order valence-electron chi connectivity index (χ0n) is 16.3. The fraction of sp³-hybridized carbons (Fsp3) is 0.238.